The van der Waals surface area contributed by atoms with E-state index in [9.17, 15) is 4.79 Å². The normalized spacial score (nSPS) is 19.3. The van der Waals surface area contributed by atoms with Crippen LogP contribution in [0.1, 0.15) is 78.1 Å². The fraction of sp³-hybridized carbons (Fsp3) is 0.944. The van der Waals surface area contributed by atoms with Crippen LogP contribution in [0, 0.1) is 5.92 Å². The lowest BCUT2D eigenvalue weighted by Crippen LogP contribution is -2.35. The number of unbranched alkanes of at least 4 members (excludes halogenated alkanes) is 9. The van der Waals surface area contributed by atoms with Crippen molar-refractivity contribution >= 4 is 5.97 Å². The second kappa shape index (κ2) is 12.9. The van der Waals surface area contributed by atoms with Crippen molar-refractivity contribution < 1.29 is 14.3 Å². The highest BCUT2D eigenvalue weighted by molar-refractivity contribution is 5.72. The molecule has 130 valence electrons. The van der Waals surface area contributed by atoms with E-state index in [0.29, 0.717) is 13.2 Å². The van der Waals surface area contributed by atoms with Gasteiger partial charge in [-0.3, -0.25) is 10.1 Å². The zero-order valence-corrected chi connectivity index (χ0v) is 14.6. The van der Waals surface area contributed by atoms with Crippen molar-refractivity contribution in [1.82, 2.24) is 5.32 Å². The van der Waals surface area contributed by atoms with Crippen LogP contribution in [0.4, 0.5) is 0 Å². The van der Waals surface area contributed by atoms with Crippen molar-refractivity contribution in [2.75, 3.05) is 19.8 Å². The molecule has 4 nitrogen and oxygen atoms in total. The second-order valence-electron chi connectivity index (χ2n) is 6.38. The largest absolute Gasteiger partial charge is 0.465 e. The monoisotopic (exact) mass is 313 g/mol. The molecule has 1 aliphatic rings. The zero-order chi connectivity index (χ0) is 16.0. The van der Waals surface area contributed by atoms with Gasteiger partial charge in [-0.25, -0.2) is 0 Å². The Morgan fingerprint density at radius 2 is 1.68 bits per heavy atom. The summed E-state index contributed by atoms with van der Waals surface area (Å²) in [5, 5.41) is 3.16. The molecule has 1 aliphatic heterocycles. The number of nitrogens with one attached hydrogen (secondary N) is 1. The Labute approximate surface area is 136 Å². The molecule has 0 radical (unpaired) electrons. The lowest BCUT2D eigenvalue weighted by atomic mass is 10.1. The molecule has 0 bridgehead atoms. The predicted molar refractivity (Wildman–Crippen MR) is 89.7 cm³/mol. The molecule has 0 aliphatic carbocycles. The fourth-order valence-corrected chi connectivity index (χ4v) is 2.78. The Bertz CT molecular complexity index is 278. The number of hydrogen-bond acceptors (Lipinski definition) is 4. The van der Waals surface area contributed by atoms with Gasteiger partial charge in [0.2, 0.25) is 0 Å². The molecule has 0 saturated carbocycles. The minimum Gasteiger partial charge on any atom is -0.465 e. The molecule has 0 amide bonds. The number of hydrogen-bond donors (Lipinski definition) is 1. The van der Waals surface area contributed by atoms with Gasteiger partial charge in [-0.2, -0.15) is 0 Å². The first kappa shape index (κ1) is 19.4. The smallest absolute Gasteiger partial charge is 0.312 e. The van der Waals surface area contributed by atoms with Crippen LogP contribution < -0.4 is 5.32 Å². The molecule has 1 fully saturated rings. The van der Waals surface area contributed by atoms with E-state index in [1.54, 1.807) is 0 Å². The van der Waals surface area contributed by atoms with E-state index < -0.39 is 0 Å². The van der Waals surface area contributed by atoms with Gasteiger partial charge in [-0.15, -0.1) is 0 Å². The van der Waals surface area contributed by atoms with Crippen molar-refractivity contribution in [1.29, 1.82) is 0 Å². The third-order valence-corrected chi connectivity index (χ3v) is 4.31. The first-order chi connectivity index (χ1) is 10.8. The quantitative estimate of drug-likeness (QED) is 0.412. The van der Waals surface area contributed by atoms with E-state index in [-0.39, 0.29) is 18.1 Å². The SMILES string of the molecule is CCCCCCCCCCCCOC(=O)C(C)C1NCCO1. The summed E-state index contributed by atoms with van der Waals surface area (Å²) < 4.78 is 10.8. The van der Waals surface area contributed by atoms with Gasteiger partial charge < -0.3 is 9.47 Å². The van der Waals surface area contributed by atoms with E-state index in [2.05, 4.69) is 12.2 Å². The summed E-state index contributed by atoms with van der Waals surface area (Å²) in [7, 11) is 0. The van der Waals surface area contributed by atoms with Gasteiger partial charge in [0.1, 0.15) is 6.23 Å². The summed E-state index contributed by atoms with van der Waals surface area (Å²) >= 11 is 0. The van der Waals surface area contributed by atoms with Gasteiger partial charge in [-0.05, 0) is 13.3 Å². The second-order valence-corrected chi connectivity index (χ2v) is 6.38. The number of rotatable bonds is 13. The summed E-state index contributed by atoms with van der Waals surface area (Å²) in [6.07, 6.45) is 12.8. The average Bonchev–Trinajstić information content (AvgIpc) is 3.06. The summed E-state index contributed by atoms with van der Waals surface area (Å²) in [5.74, 6) is -0.360. The van der Waals surface area contributed by atoms with Gasteiger partial charge >= 0.3 is 5.97 Å². The van der Waals surface area contributed by atoms with Crippen LogP contribution in [-0.4, -0.2) is 32.0 Å². The molecular formula is C18H35NO3. The Balaban J connectivity index is 1.85. The zero-order valence-electron chi connectivity index (χ0n) is 14.6. The highest BCUT2D eigenvalue weighted by Crippen LogP contribution is 2.12. The standard InChI is InChI=1S/C18H35NO3/c1-3-4-5-6-7-8-9-10-11-12-14-22-18(20)16(2)17-19-13-15-21-17/h16-17,19H,3-15H2,1-2H3. The Morgan fingerprint density at radius 3 is 2.23 bits per heavy atom. The van der Waals surface area contributed by atoms with E-state index in [1.807, 2.05) is 6.92 Å². The average molecular weight is 313 g/mol. The molecule has 1 heterocycles. The maximum atomic E-state index is 11.8. The van der Waals surface area contributed by atoms with Crippen LogP contribution in [0.3, 0.4) is 0 Å². The summed E-state index contributed by atoms with van der Waals surface area (Å²) in [6, 6.07) is 0. The predicted octanol–water partition coefficient (Wildman–Crippen LogP) is 4.03. The van der Waals surface area contributed by atoms with Gasteiger partial charge in [-0.1, -0.05) is 64.7 Å². The van der Waals surface area contributed by atoms with Crippen LogP contribution >= 0.6 is 0 Å². The lowest BCUT2D eigenvalue weighted by Gasteiger charge is -2.17. The summed E-state index contributed by atoms with van der Waals surface area (Å²) in [5.41, 5.74) is 0. The van der Waals surface area contributed by atoms with Gasteiger partial charge in [0.25, 0.3) is 0 Å². The molecule has 1 saturated heterocycles. The molecule has 0 aromatic carbocycles. The Morgan fingerprint density at radius 1 is 1.09 bits per heavy atom. The van der Waals surface area contributed by atoms with E-state index in [0.717, 1.165) is 19.4 Å². The molecule has 22 heavy (non-hydrogen) atoms. The molecule has 0 aromatic rings. The summed E-state index contributed by atoms with van der Waals surface area (Å²) in [4.78, 5) is 11.8. The maximum Gasteiger partial charge on any atom is 0.312 e. The molecule has 1 rings (SSSR count). The van der Waals surface area contributed by atoms with Crippen LogP contribution in [-0.2, 0) is 14.3 Å². The third kappa shape index (κ3) is 8.74. The van der Waals surface area contributed by atoms with Crippen molar-refractivity contribution in [3.8, 4) is 0 Å². The van der Waals surface area contributed by atoms with E-state index >= 15 is 0 Å². The van der Waals surface area contributed by atoms with Gasteiger partial charge in [0.05, 0.1) is 19.1 Å². The lowest BCUT2D eigenvalue weighted by molar-refractivity contribution is -0.152. The molecule has 2 unspecified atom stereocenters. The minimum absolute atomic E-state index is 0.143. The Hall–Kier alpha value is -0.610. The molecule has 1 N–H and O–H groups in total. The Kier molecular flexibility index (Phi) is 11.4. The van der Waals surface area contributed by atoms with Gasteiger partial charge in [0.15, 0.2) is 0 Å². The highest BCUT2D eigenvalue weighted by Gasteiger charge is 2.28. The number of carbonyl (C=O) groups excluding carboxylic acids is 1. The minimum atomic E-state index is -0.217. The van der Waals surface area contributed by atoms with Crippen LogP contribution in [0.25, 0.3) is 0 Å². The van der Waals surface area contributed by atoms with Crippen molar-refractivity contribution in [3.05, 3.63) is 0 Å². The summed E-state index contributed by atoms with van der Waals surface area (Å²) in [6.45, 7) is 6.17. The molecule has 0 aromatic heterocycles. The highest BCUT2D eigenvalue weighted by atomic mass is 16.5. The first-order valence-corrected chi connectivity index (χ1v) is 9.27. The van der Waals surface area contributed by atoms with Crippen molar-refractivity contribution in [2.24, 2.45) is 5.92 Å². The molecule has 2 atom stereocenters. The van der Waals surface area contributed by atoms with Crippen LogP contribution in [0.15, 0.2) is 0 Å². The number of carbonyl (C=O) groups is 1. The van der Waals surface area contributed by atoms with E-state index in [4.69, 9.17) is 9.47 Å². The maximum absolute atomic E-state index is 11.8. The molecule has 0 spiro atoms. The topological polar surface area (TPSA) is 47.6 Å². The number of ether oxygens (including phenoxy) is 2. The third-order valence-electron chi connectivity index (χ3n) is 4.31. The van der Waals surface area contributed by atoms with Crippen LogP contribution in [0.5, 0.6) is 0 Å². The van der Waals surface area contributed by atoms with E-state index in [1.165, 1.54) is 51.4 Å². The first-order valence-electron chi connectivity index (χ1n) is 9.27. The fourth-order valence-electron chi connectivity index (χ4n) is 2.78. The molecular weight excluding hydrogens is 278 g/mol. The molecule has 4 heteroatoms. The number of esters is 1. The van der Waals surface area contributed by atoms with Gasteiger partial charge in [0, 0.05) is 6.54 Å². The van der Waals surface area contributed by atoms with Crippen LogP contribution in [0.2, 0.25) is 0 Å². The van der Waals surface area contributed by atoms with Crippen molar-refractivity contribution in [2.45, 2.75) is 84.3 Å². The van der Waals surface area contributed by atoms with Crippen molar-refractivity contribution in [3.63, 3.8) is 0 Å².